The minimum atomic E-state index is -0.309. The predicted octanol–water partition coefficient (Wildman–Crippen LogP) is 4.55. The lowest BCUT2D eigenvalue weighted by Gasteiger charge is -2.13. The van der Waals surface area contributed by atoms with Crippen LogP contribution in [0.1, 0.15) is 47.0 Å². The number of hydrogen-bond donors (Lipinski definition) is 1. The van der Waals surface area contributed by atoms with Crippen molar-refractivity contribution in [1.29, 1.82) is 5.26 Å². The number of rotatable bonds is 9. The summed E-state index contributed by atoms with van der Waals surface area (Å²) in [6, 6.07) is 8.40. The Bertz CT molecular complexity index is 1230. The van der Waals surface area contributed by atoms with Gasteiger partial charge in [-0.15, -0.1) is 16.8 Å². The van der Waals surface area contributed by atoms with Crippen molar-refractivity contribution < 1.29 is 9.18 Å². The van der Waals surface area contributed by atoms with Gasteiger partial charge in [-0.2, -0.15) is 5.26 Å². The molecule has 0 atom stereocenters. The van der Waals surface area contributed by atoms with Gasteiger partial charge in [-0.25, -0.2) is 4.39 Å². The van der Waals surface area contributed by atoms with E-state index in [1.807, 2.05) is 23.0 Å². The van der Waals surface area contributed by atoms with Crippen LogP contribution in [0, 0.1) is 31.0 Å². The molecule has 0 bridgehead atoms. The average molecular weight is 465 g/mol. The molecule has 33 heavy (non-hydrogen) atoms. The molecule has 1 fully saturated rings. The number of hydrogen-bond acceptors (Lipinski definition) is 5. The number of allylic oxidation sites excluding steroid dienone is 1. The van der Waals surface area contributed by atoms with Gasteiger partial charge in [0.2, 0.25) is 5.91 Å². The fourth-order valence-electron chi connectivity index (χ4n) is 3.75. The van der Waals surface area contributed by atoms with Gasteiger partial charge in [0.05, 0.1) is 11.3 Å². The molecule has 0 radical (unpaired) electrons. The summed E-state index contributed by atoms with van der Waals surface area (Å²) in [5.41, 5.74) is 2.98. The van der Waals surface area contributed by atoms with Crippen LogP contribution in [0.4, 0.5) is 10.2 Å². The molecule has 3 aromatic rings. The summed E-state index contributed by atoms with van der Waals surface area (Å²) in [7, 11) is 0. The van der Waals surface area contributed by atoms with Crippen molar-refractivity contribution in [2.75, 3.05) is 11.1 Å². The van der Waals surface area contributed by atoms with Gasteiger partial charge in [0.1, 0.15) is 23.5 Å². The van der Waals surface area contributed by atoms with Crippen LogP contribution in [0.15, 0.2) is 42.1 Å². The van der Waals surface area contributed by atoms with Crippen molar-refractivity contribution in [3.63, 3.8) is 0 Å². The van der Waals surface area contributed by atoms with Crippen LogP contribution in [0.25, 0.3) is 0 Å². The number of carbonyl (C=O) groups is 1. The lowest BCUT2D eigenvalue weighted by atomic mass is 10.2. The number of nitriles is 1. The zero-order valence-corrected chi connectivity index (χ0v) is 19.5. The number of nitrogens with zero attached hydrogens (tertiary/aromatic N) is 5. The highest BCUT2D eigenvalue weighted by Crippen LogP contribution is 2.40. The first-order valence-electron chi connectivity index (χ1n) is 10.7. The Morgan fingerprint density at radius 2 is 2.03 bits per heavy atom. The van der Waals surface area contributed by atoms with Crippen LogP contribution in [0.3, 0.4) is 0 Å². The number of carbonyl (C=O) groups excluding carboxylic acids is 1. The van der Waals surface area contributed by atoms with Crippen molar-refractivity contribution in [2.45, 2.75) is 50.9 Å². The Balaban J connectivity index is 1.52. The number of benzene rings is 1. The maximum Gasteiger partial charge on any atom is 0.235 e. The second kappa shape index (κ2) is 9.63. The second-order valence-corrected chi connectivity index (χ2v) is 9.05. The van der Waals surface area contributed by atoms with E-state index in [1.165, 1.54) is 23.9 Å². The van der Waals surface area contributed by atoms with Gasteiger partial charge >= 0.3 is 0 Å². The van der Waals surface area contributed by atoms with E-state index in [2.05, 4.69) is 28.2 Å². The number of amides is 1. The Morgan fingerprint density at radius 1 is 1.30 bits per heavy atom. The molecule has 1 amide bonds. The monoisotopic (exact) mass is 464 g/mol. The standard InChI is InChI=1S/C24H25FN6OS/c1-4-11-30-22(18-7-8-18)28-29-24(30)33-14-21(32)27-23-20(12-26)15(2)16(3)31(23)13-17-5-9-19(25)10-6-17/h4-6,9-10,18H,1,7-8,11,13-14H2,2-3H3,(H,27,32). The molecule has 1 aliphatic rings. The highest BCUT2D eigenvalue weighted by Gasteiger charge is 2.30. The quantitative estimate of drug-likeness (QED) is 0.371. The van der Waals surface area contributed by atoms with E-state index in [9.17, 15) is 14.4 Å². The summed E-state index contributed by atoms with van der Waals surface area (Å²) >= 11 is 1.31. The van der Waals surface area contributed by atoms with Crippen LogP contribution >= 0.6 is 11.8 Å². The molecule has 0 aliphatic heterocycles. The van der Waals surface area contributed by atoms with Gasteiger partial charge < -0.3 is 14.5 Å². The lowest BCUT2D eigenvalue weighted by Crippen LogP contribution is -2.19. The van der Waals surface area contributed by atoms with Crippen molar-refractivity contribution in [3.8, 4) is 6.07 Å². The smallest absolute Gasteiger partial charge is 0.235 e. The van der Waals surface area contributed by atoms with E-state index >= 15 is 0 Å². The number of halogens is 1. The average Bonchev–Trinajstić information content (AvgIpc) is 3.53. The van der Waals surface area contributed by atoms with E-state index in [-0.39, 0.29) is 17.5 Å². The molecule has 4 rings (SSSR count). The van der Waals surface area contributed by atoms with Crippen LogP contribution in [0.2, 0.25) is 0 Å². The Morgan fingerprint density at radius 3 is 2.67 bits per heavy atom. The molecule has 0 saturated heterocycles. The van der Waals surface area contributed by atoms with E-state index in [1.54, 1.807) is 18.2 Å². The zero-order valence-electron chi connectivity index (χ0n) is 18.6. The molecule has 170 valence electrons. The van der Waals surface area contributed by atoms with E-state index in [0.717, 1.165) is 35.5 Å². The molecule has 9 heteroatoms. The van der Waals surface area contributed by atoms with Crippen LogP contribution in [-0.2, 0) is 17.9 Å². The van der Waals surface area contributed by atoms with Crippen molar-refractivity contribution in [3.05, 3.63) is 70.9 Å². The van der Waals surface area contributed by atoms with Crippen molar-refractivity contribution in [2.24, 2.45) is 0 Å². The lowest BCUT2D eigenvalue weighted by molar-refractivity contribution is -0.113. The molecule has 2 aromatic heterocycles. The summed E-state index contributed by atoms with van der Waals surface area (Å²) in [4.78, 5) is 12.9. The maximum absolute atomic E-state index is 13.3. The SMILES string of the molecule is C=CCn1c(SCC(=O)Nc2c(C#N)c(C)c(C)n2Cc2ccc(F)cc2)nnc1C1CC1. The zero-order chi connectivity index (χ0) is 23.5. The summed E-state index contributed by atoms with van der Waals surface area (Å²) in [5, 5.41) is 21.9. The molecule has 1 aromatic carbocycles. The van der Waals surface area contributed by atoms with E-state index < -0.39 is 0 Å². The normalized spacial score (nSPS) is 13.0. The third-order valence-electron chi connectivity index (χ3n) is 5.78. The van der Waals surface area contributed by atoms with Crippen LogP contribution < -0.4 is 5.32 Å². The highest BCUT2D eigenvalue weighted by atomic mass is 32.2. The summed E-state index contributed by atoms with van der Waals surface area (Å²) in [5.74, 6) is 1.43. The van der Waals surface area contributed by atoms with Gasteiger partial charge in [0.25, 0.3) is 0 Å². The second-order valence-electron chi connectivity index (χ2n) is 8.11. The van der Waals surface area contributed by atoms with Gasteiger partial charge in [-0.1, -0.05) is 30.0 Å². The van der Waals surface area contributed by atoms with E-state index in [0.29, 0.717) is 35.5 Å². The van der Waals surface area contributed by atoms with Gasteiger partial charge in [0.15, 0.2) is 5.16 Å². The molecule has 1 saturated carbocycles. The van der Waals surface area contributed by atoms with Crippen molar-refractivity contribution in [1.82, 2.24) is 19.3 Å². The molecule has 0 spiro atoms. The van der Waals surface area contributed by atoms with Gasteiger partial charge in [-0.05, 0) is 49.9 Å². The molecule has 1 aliphatic carbocycles. The number of thioether (sulfide) groups is 1. The fraction of sp³-hybridized carbons (Fsp3) is 0.333. The minimum absolute atomic E-state index is 0.130. The molecular formula is C24H25FN6OS. The third kappa shape index (κ3) is 4.86. The molecule has 2 heterocycles. The van der Waals surface area contributed by atoms with Crippen LogP contribution in [-0.4, -0.2) is 31.0 Å². The molecular weight excluding hydrogens is 439 g/mol. The summed E-state index contributed by atoms with van der Waals surface area (Å²) in [6.07, 6.45) is 4.02. The first kappa shape index (κ1) is 22.8. The Labute approximate surface area is 196 Å². The number of anilines is 1. The topological polar surface area (TPSA) is 88.5 Å². The molecule has 0 unspecified atom stereocenters. The third-order valence-corrected chi connectivity index (χ3v) is 6.75. The van der Waals surface area contributed by atoms with Gasteiger partial charge in [0, 0.05) is 24.7 Å². The largest absolute Gasteiger partial charge is 0.326 e. The Kier molecular flexibility index (Phi) is 6.65. The first-order chi connectivity index (χ1) is 15.9. The molecule has 1 N–H and O–H groups in total. The van der Waals surface area contributed by atoms with Gasteiger partial charge in [-0.3, -0.25) is 4.79 Å². The predicted molar refractivity (Wildman–Crippen MR) is 126 cm³/mol. The number of nitrogens with one attached hydrogen (secondary N) is 1. The highest BCUT2D eigenvalue weighted by molar-refractivity contribution is 7.99. The number of aromatic nitrogens is 4. The minimum Gasteiger partial charge on any atom is -0.326 e. The Hall–Kier alpha value is -3.38. The van der Waals surface area contributed by atoms with E-state index in [4.69, 9.17) is 0 Å². The molecule has 7 nitrogen and oxygen atoms in total. The summed E-state index contributed by atoms with van der Waals surface area (Å²) < 4.78 is 17.2. The first-order valence-corrected chi connectivity index (χ1v) is 11.7. The maximum atomic E-state index is 13.3. The van der Waals surface area contributed by atoms with Crippen molar-refractivity contribution >= 4 is 23.5 Å². The summed E-state index contributed by atoms with van der Waals surface area (Å²) in [6.45, 7) is 8.58. The fourth-order valence-corrected chi connectivity index (χ4v) is 4.50. The van der Waals surface area contributed by atoms with Crippen LogP contribution in [0.5, 0.6) is 0 Å².